The number of carbonyl (C=O) groups excluding carboxylic acids is 2. The maximum absolute atomic E-state index is 12.7. The second kappa shape index (κ2) is 8.10. The van der Waals surface area contributed by atoms with E-state index in [1.807, 2.05) is 29.2 Å². The van der Waals surface area contributed by atoms with Gasteiger partial charge in [-0.3, -0.25) is 5.32 Å². The Bertz CT molecular complexity index is 795. The zero-order chi connectivity index (χ0) is 18.5. The number of hydrogen-bond acceptors (Lipinski definition) is 3. The number of urea groups is 1. The molecule has 2 aromatic carbocycles. The summed E-state index contributed by atoms with van der Waals surface area (Å²) in [6.07, 6.45) is 1.32. The highest BCUT2D eigenvalue weighted by Gasteiger charge is 2.30. The predicted molar refractivity (Wildman–Crippen MR) is 102 cm³/mol. The molecule has 0 radical (unpaired) electrons. The molecule has 2 N–H and O–H groups in total. The van der Waals surface area contributed by atoms with E-state index < -0.39 is 6.09 Å². The number of likely N-dealkylation sites (tertiary alicyclic amines) is 1. The minimum atomic E-state index is -0.539. The number of methoxy groups -OCH3 is 1. The first-order valence-corrected chi connectivity index (χ1v) is 8.73. The number of anilines is 2. The molecule has 0 saturated carbocycles. The van der Waals surface area contributed by atoms with Crippen molar-refractivity contribution in [1.29, 1.82) is 0 Å². The SMILES string of the molecule is COC(=O)Nc1ccc(NC(=O)N2CCCC2c2cccc(Cl)c2)cc1. The molecule has 1 atom stereocenters. The average Bonchev–Trinajstić information content (AvgIpc) is 3.13. The van der Waals surface area contributed by atoms with Crippen molar-refractivity contribution < 1.29 is 14.3 Å². The van der Waals surface area contributed by atoms with Crippen molar-refractivity contribution in [3.8, 4) is 0 Å². The zero-order valence-corrected chi connectivity index (χ0v) is 15.1. The normalized spacial score (nSPS) is 16.2. The van der Waals surface area contributed by atoms with Gasteiger partial charge in [0, 0.05) is 22.9 Å². The second-order valence-corrected chi connectivity index (χ2v) is 6.47. The van der Waals surface area contributed by atoms with E-state index in [4.69, 9.17) is 11.6 Å². The van der Waals surface area contributed by atoms with Gasteiger partial charge < -0.3 is 15.0 Å². The van der Waals surface area contributed by atoms with Crippen LogP contribution in [0, 0.1) is 0 Å². The first-order valence-electron chi connectivity index (χ1n) is 8.35. The third-order valence-corrected chi connectivity index (χ3v) is 4.55. The van der Waals surface area contributed by atoms with Gasteiger partial charge in [0.25, 0.3) is 0 Å². The molecule has 6 nitrogen and oxygen atoms in total. The molecule has 26 heavy (non-hydrogen) atoms. The van der Waals surface area contributed by atoms with Crippen LogP contribution in [-0.2, 0) is 4.74 Å². The van der Waals surface area contributed by atoms with Crippen LogP contribution in [0.25, 0.3) is 0 Å². The maximum atomic E-state index is 12.7. The van der Waals surface area contributed by atoms with Crippen molar-refractivity contribution in [3.63, 3.8) is 0 Å². The summed E-state index contributed by atoms with van der Waals surface area (Å²) in [6.45, 7) is 0.699. The fourth-order valence-electron chi connectivity index (χ4n) is 3.07. The highest BCUT2D eigenvalue weighted by atomic mass is 35.5. The lowest BCUT2D eigenvalue weighted by Gasteiger charge is -2.25. The third kappa shape index (κ3) is 4.26. The van der Waals surface area contributed by atoms with Crippen LogP contribution in [0.15, 0.2) is 48.5 Å². The van der Waals surface area contributed by atoms with Crippen LogP contribution in [0.2, 0.25) is 5.02 Å². The molecule has 1 aliphatic rings. The van der Waals surface area contributed by atoms with Gasteiger partial charge in [-0.05, 0) is 54.8 Å². The van der Waals surface area contributed by atoms with E-state index in [1.165, 1.54) is 7.11 Å². The molecule has 1 saturated heterocycles. The summed E-state index contributed by atoms with van der Waals surface area (Å²) >= 11 is 6.08. The summed E-state index contributed by atoms with van der Waals surface area (Å²) in [5.74, 6) is 0. The van der Waals surface area contributed by atoms with E-state index in [0.717, 1.165) is 18.4 Å². The van der Waals surface area contributed by atoms with Crippen LogP contribution < -0.4 is 10.6 Å². The number of ether oxygens (including phenoxy) is 1. The summed E-state index contributed by atoms with van der Waals surface area (Å²) in [5, 5.41) is 6.14. The molecule has 2 aromatic rings. The minimum Gasteiger partial charge on any atom is -0.453 e. The Hall–Kier alpha value is -2.73. The first kappa shape index (κ1) is 18.1. The van der Waals surface area contributed by atoms with Gasteiger partial charge in [0.15, 0.2) is 0 Å². The number of carbonyl (C=O) groups is 2. The summed E-state index contributed by atoms with van der Waals surface area (Å²) in [5.41, 5.74) is 2.29. The van der Waals surface area contributed by atoms with Gasteiger partial charge >= 0.3 is 12.1 Å². The number of halogens is 1. The Kier molecular flexibility index (Phi) is 5.63. The van der Waals surface area contributed by atoms with Gasteiger partial charge in [-0.25, -0.2) is 9.59 Å². The number of hydrogen-bond donors (Lipinski definition) is 2. The molecule has 1 fully saturated rings. The van der Waals surface area contributed by atoms with Crippen LogP contribution in [0.3, 0.4) is 0 Å². The van der Waals surface area contributed by atoms with Crippen LogP contribution in [0.1, 0.15) is 24.4 Å². The summed E-state index contributed by atoms with van der Waals surface area (Å²) in [7, 11) is 1.30. The van der Waals surface area contributed by atoms with E-state index in [1.54, 1.807) is 24.3 Å². The van der Waals surface area contributed by atoms with Gasteiger partial charge in [0.2, 0.25) is 0 Å². The van der Waals surface area contributed by atoms with E-state index in [-0.39, 0.29) is 12.1 Å². The van der Waals surface area contributed by atoms with Crippen molar-refractivity contribution in [3.05, 3.63) is 59.1 Å². The molecular weight excluding hydrogens is 354 g/mol. The van der Waals surface area contributed by atoms with E-state index in [0.29, 0.717) is 22.9 Å². The van der Waals surface area contributed by atoms with Gasteiger partial charge in [0.05, 0.1) is 13.2 Å². The van der Waals surface area contributed by atoms with Gasteiger partial charge in [0.1, 0.15) is 0 Å². The molecule has 7 heteroatoms. The summed E-state index contributed by atoms with van der Waals surface area (Å²) in [4.78, 5) is 25.7. The molecule has 0 aromatic heterocycles. The fraction of sp³-hybridized carbons (Fsp3) is 0.263. The van der Waals surface area contributed by atoms with Crippen LogP contribution in [-0.4, -0.2) is 30.7 Å². The third-order valence-electron chi connectivity index (χ3n) is 4.32. The van der Waals surface area contributed by atoms with E-state index in [9.17, 15) is 9.59 Å². The molecule has 1 unspecified atom stereocenters. The number of nitrogens with one attached hydrogen (secondary N) is 2. The number of rotatable bonds is 3. The Balaban J connectivity index is 1.66. The minimum absolute atomic E-state index is 0.0222. The van der Waals surface area contributed by atoms with Crippen LogP contribution >= 0.6 is 11.6 Å². The topological polar surface area (TPSA) is 70.7 Å². The lowest BCUT2D eigenvalue weighted by molar-refractivity contribution is 0.187. The standard InChI is InChI=1S/C19H20ClN3O3/c1-26-19(25)22-16-9-7-15(8-10-16)21-18(24)23-11-3-6-17(23)13-4-2-5-14(20)12-13/h2,4-5,7-10,12,17H,3,6,11H2,1H3,(H,21,24)(H,22,25). The van der Waals surface area contributed by atoms with Crippen molar-refractivity contribution in [1.82, 2.24) is 4.90 Å². The van der Waals surface area contributed by atoms with E-state index >= 15 is 0 Å². The Labute approximate surface area is 157 Å². The summed E-state index contributed by atoms with van der Waals surface area (Å²) in [6, 6.07) is 14.4. The molecule has 3 amide bonds. The van der Waals surface area contributed by atoms with Crippen molar-refractivity contribution >= 4 is 35.1 Å². The predicted octanol–water partition coefficient (Wildman–Crippen LogP) is 4.89. The average molecular weight is 374 g/mol. The number of benzene rings is 2. The monoisotopic (exact) mass is 373 g/mol. The van der Waals surface area contributed by atoms with Crippen molar-refractivity contribution in [2.75, 3.05) is 24.3 Å². The molecule has 0 aliphatic carbocycles. The molecular formula is C19H20ClN3O3. The highest BCUT2D eigenvalue weighted by molar-refractivity contribution is 6.30. The smallest absolute Gasteiger partial charge is 0.411 e. The molecule has 136 valence electrons. The first-order chi connectivity index (χ1) is 12.6. The maximum Gasteiger partial charge on any atom is 0.411 e. The molecule has 0 spiro atoms. The fourth-order valence-corrected chi connectivity index (χ4v) is 3.27. The van der Waals surface area contributed by atoms with Crippen LogP contribution in [0.5, 0.6) is 0 Å². The van der Waals surface area contributed by atoms with E-state index in [2.05, 4.69) is 15.4 Å². The largest absolute Gasteiger partial charge is 0.453 e. The Morgan fingerprint density at radius 3 is 2.46 bits per heavy atom. The molecule has 1 aliphatic heterocycles. The molecule has 0 bridgehead atoms. The number of amides is 3. The molecule has 1 heterocycles. The van der Waals surface area contributed by atoms with Gasteiger partial charge in [-0.1, -0.05) is 23.7 Å². The van der Waals surface area contributed by atoms with Gasteiger partial charge in [-0.2, -0.15) is 0 Å². The Morgan fingerprint density at radius 1 is 1.12 bits per heavy atom. The molecule has 3 rings (SSSR count). The number of nitrogens with zero attached hydrogens (tertiary/aromatic N) is 1. The zero-order valence-electron chi connectivity index (χ0n) is 14.4. The van der Waals surface area contributed by atoms with Crippen molar-refractivity contribution in [2.24, 2.45) is 0 Å². The Morgan fingerprint density at radius 2 is 1.81 bits per heavy atom. The quantitative estimate of drug-likeness (QED) is 0.804. The lowest BCUT2D eigenvalue weighted by atomic mass is 10.1. The van der Waals surface area contributed by atoms with Crippen molar-refractivity contribution in [2.45, 2.75) is 18.9 Å². The second-order valence-electron chi connectivity index (χ2n) is 6.03. The van der Waals surface area contributed by atoms with Crippen LogP contribution in [0.4, 0.5) is 21.0 Å². The summed E-state index contributed by atoms with van der Waals surface area (Å²) < 4.78 is 4.54. The lowest BCUT2D eigenvalue weighted by Crippen LogP contribution is -2.34. The van der Waals surface area contributed by atoms with Gasteiger partial charge in [-0.15, -0.1) is 0 Å². The highest BCUT2D eigenvalue weighted by Crippen LogP contribution is 2.33.